The second-order valence-corrected chi connectivity index (χ2v) is 5.21. The highest BCUT2D eigenvalue weighted by molar-refractivity contribution is 5.17. The van der Waals surface area contributed by atoms with Crippen LogP contribution in [0, 0.1) is 0 Å². The highest BCUT2D eigenvalue weighted by atomic mass is 16.5. The lowest BCUT2D eigenvalue weighted by molar-refractivity contribution is 0.173. The van der Waals surface area contributed by atoms with E-state index in [1.54, 1.807) is 6.26 Å². The van der Waals surface area contributed by atoms with Gasteiger partial charge in [-0.2, -0.15) is 0 Å². The third-order valence-electron chi connectivity index (χ3n) is 3.94. The van der Waals surface area contributed by atoms with Crippen LogP contribution < -0.4 is 0 Å². The van der Waals surface area contributed by atoms with Crippen LogP contribution in [-0.2, 0) is 25.9 Å². The maximum atomic E-state index is 5.05. The van der Waals surface area contributed by atoms with Crippen molar-refractivity contribution in [2.75, 3.05) is 6.54 Å². The van der Waals surface area contributed by atoms with Crippen molar-refractivity contribution < 1.29 is 4.52 Å². The van der Waals surface area contributed by atoms with Gasteiger partial charge in [-0.1, -0.05) is 12.1 Å². The second-order valence-electron chi connectivity index (χ2n) is 5.21. The van der Waals surface area contributed by atoms with Gasteiger partial charge >= 0.3 is 0 Å². The first-order valence-corrected chi connectivity index (χ1v) is 6.94. The molecule has 5 heteroatoms. The molecule has 2 aromatic rings. The Kier molecular flexibility index (Phi) is 3.38. The third-order valence-corrected chi connectivity index (χ3v) is 3.94. The average Bonchev–Trinajstić information content (AvgIpc) is 3.05. The lowest BCUT2D eigenvalue weighted by Crippen LogP contribution is -2.39. The third kappa shape index (κ3) is 2.42. The van der Waals surface area contributed by atoms with Crippen molar-refractivity contribution in [3.63, 3.8) is 0 Å². The zero-order valence-corrected chi connectivity index (χ0v) is 11.5. The molecule has 1 aliphatic rings. The first-order valence-electron chi connectivity index (χ1n) is 6.94. The molecule has 0 saturated carbocycles. The molecule has 0 aromatic carbocycles. The van der Waals surface area contributed by atoms with Crippen LogP contribution in [0.2, 0.25) is 0 Å². The van der Waals surface area contributed by atoms with Crippen molar-refractivity contribution in [3.05, 3.63) is 35.7 Å². The Morgan fingerprint density at radius 2 is 2.37 bits per heavy atom. The van der Waals surface area contributed by atoms with Gasteiger partial charge in [-0.25, -0.2) is 4.98 Å². The largest absolute Gasteiger partial charge is 0.364 e. The van der Waals surface area contributed by atoms with Gasteiger partial charge in [0, 0.05) is 56.5 Å². The van der Waals surface area contributed by atoms with Gasteiger partial charge in [0.2, 0.25) is 0 Å². The van der Waals surface area contributed by atoms with E-state index in [1.807, 2.05) is 6.20 Å². The Bertz CT molecular complexity index is 545. The molecule has 0 bridgehead atoms. The van der Waals surface area contributed by atoms with E-state index in [-0.39, 0.29) is 0 Å². The number of rotatable bonds is 4. The molecule has 0 fully saturated rings. The summed E-state index contributed by atoms with van der Waals surface area (Å²) in [5, 5.41) is 4.04. The number of hydrogen-bond donors (Lipinski definition) is 0. The molecule has 0 spiro atoms. The summed E-state index contributed by atoms with van der Waals surface area (Å²) < 4.78 is 7.30. The van der Waals surface area contributed by atoms with Crippen LogP contribution in [0.15, 0.2) is 23.2 Å². The number of nitrogens with zero attached hydrogens (tertiary/aromatic N) is 4. The van der Waals surface area contributed by atoms with E-state index in [2.05, 4.69) is 39.7 Å². The highest BCUT2D eigenvalue weighted by Gasteiger charge is 2.23. The molecule has 3 rings (SSSR count). The predicted octanol–water partition coefficient (Wildman–Crippen LogP) is 1.88. The van der Waals surface area contributed by atoms with E-state index >= 15 is 0 Å². The van der Waals surface area contributed by atoms with Gasteiger partial charge in [-0.15, -0.1) is 0 Å². The number of fused-ring (bicyclic) bond motifs is 1. The van der Waals surface area contributed by atoms with Crippen LogP contribution in [0.5, 0.6) is 0 Å². The van der Waals surface area contributed by atoms with Crippen molar-refractivity contribution in [2.45, 2.75) is 45.8 Å². The quantitative estimate of drug-likeness (QED) is 0.842. The summed E-state index contributed by atoms with van der Waals surface area (Å²) in [6, 6.07) is 0.488. The number of aromatic nitrogens is 3. The van der Waals surface area contributed by atoms with E-state index in [0.717, 1.165) is 44.0 Å². The molecule has 1 aliphatic heterocycles. The molecule has 0 radical (unpaired) electrons. The Labute approximate surface area is 113 Å². The van der Waals surface area contributed by atoms with Gasteiger partial charge in [-0.3, -0.25) is 4.90 Å². The molecule has 2 aromatic heterocycles. The standard InChI is InChI=1S/C14H20N4O/c1-3-14-15-5-7-18(14)8-11(2)17-6-4-13-12(9-17)10-19-16-13/h5,7,10-11H,3-4,6,8-9H2,1-2H3/t11-/m1/s1. The SMILES string of the molecule is CCc1nccn1C[C@@H](C)N1CCc2nocc2C1. The summed E-state index contributed by atoms with van der Waals surface area (Å²) in [7, 11) is 0. The minimum Gasteiger partial charge on any atom is -0.364 e. The highest BCUT2D eigenvalue weighted by Crippen LogP contribution is 2.20. The molecule has 5 nitrogen and oxygen atoms in total. The number of aryl methyl sites for hydroxylation is 1. The molecule has 0 amide bonds. The number of hydrogen-bond acceptors (Lipinski definition) is 4. The van der Waals surface area contributed by atoms with E-state index in [9.17, 15) is 0 Å². The Morgan fingerprint density at radius 1 is 1.47 bits per heavy atom. The van der Waals surface area contributed by atoms with Crippen LogP contribution in [0.3, 0.4) is 0 Å². The van der Waals surface area contributed by atoms with Crippen molar-refractivity contribution in [1.82, 2.24) is 19.6 Å². The van der Waals surface area contributed by atoms with Crippen molar-refractivity contribution in [3.8, 4) is 0 Å². The second kappa shape index (κ2) is 5.17. The molecule has 0 aliphatic carbocycles. The molecular weight excluding hydrogens is 240 g/mol. The van der Waals surface area contributed by atoms with Crippen LogP contribution >= 0.6 is 0 Å². The molecule has 19 heavy (non-hydrogen) atoms. The van der Waals surface area contributed by atoms with Crippen LogP contribution in [0.4, 0.5) is 0 Å². The first kappa shape index (κ1) is 12.4. The zero-order valence-electron chi connectivity index (χ0n) is 11.5. The van der Waals surface area contributed by atoms with Gasteiger partial charge in [0.05, 0.1) is 5.69 Å². The number of imidazole rings is 1. The first-order chi connectivity index (χ1) is 9.28. The van der Waals surface area contributed by atoms with Crippen molar-refractivity contribution >= 4 is 0 Å². The van der Waals surface area contributed by atoms with E-state index in [4.69, 9.17) is 4.52 Å². The van der Waals surface area contributed by atoms with Gasteiger partial charge in [0.15, 0.2) is 0 Å². The summed E-state index contributed by atoms with van der Waals surface area (Å²) in [5.74, 6) is 1.16. The molecule has 1 atom stereocenters. The van der Waals surface area contributed by atoms with Gasteiger partial charge in [0.1, 0.15) is 12.1 Å². The normalized spacial score (nSPS) is 17.4. The Balaban J connectivity index is 1.67. The predicted molar refractivity (Wildman–Crippen MR) is 71.7 cm³/mol. The minimum atomic E-state index is 0.488. The fraction of sp³-hybridized carbons (Fsp3) is 0.571. The lowest BCUT2D eigenvalue weighted by Gasteiger charge is -2.32. The van der Waals surface area contributed by atoms with Crippen LogP contribution in [0.25, 0.3) is 0 Å². The molecule has 102 valence electrons. The fourth-order valence-corrected chi connectivity index (χ4v) is 2.76. The monoisotopic (exact) mass is 260 g/mol. The topological polar surface area (TPSA) is 47.1 Å². The maximum absolute atomic E-state index is 5.05. The summed E-state index contributed by atoms with van der Waals surface area (Å²) >= 11 is 0. The molecule has 0 saturated heterocycles. The minimum absolute atomic E-state index is 0.488. The smallest absolute Gasteiger partial charge is 0.128 e. The van der Waals surface area contributed by atoms with Crippen LogP contribution in [-0.4, -0.2) is 32.2 Å². The van der Waals surface area contributed by atoms with E-state index < -0.39 is 0 Å². The summed E-state index contributed by atoms with van der Waals surface area (Å²) in [4.78, 5) is 6.87. The fourth-order valence-electron chi connectivity index (χ4n) is 2.76. The van der Waals surface area contributed by atoms with Crippen molar-refractivity contribution in [1.29, 1.82) is 0 Å². The van der Waals surface area contributed by atoms with Crippen LogP contribution in [0.1, 0.15) is 30.9 Å². The zero-order chi connectivity index (χ0) is 13.2. The van der Waals surface area contributed by atoms with Crippen molar-refractivity contribution in [2.24, 2.45) is 0 Å². The van der Waals surface area contributed by atoms with Gasteiger partial charge in [-0.05, 0) is 6.92 Å². The Hall–Kier alpha value is -1.62. The van der Waals surface area contributed by atoms with Gasteiger partial charge in [0.25, 0.3) is 0 Å². The maximum Gasteiger partial charge on any atom is 0.128 e. The molecular formula is C14H20N4O. The molecule has 0 N–H and O–H groups in total. The molecule has 0 unspecified atom stereocenters. The van der Waals surface area contributed by atoms with E-state index in [0.29, 0.717) is 6.04 Å². The summed E-state index contributed by atoms with van der Waals surface area (Å²) in [6.45, 7) is 7.41. The summed E-state index contributed by atoms with van der Waals surface area (Å²) in [6.07, 6.45) is 7.71. The Morgan fingerprint density at radius 3 is 3.21 bits per heavy atom. The molecule has 3 heterocycles. The lowest BCUT2D eigenvalue weighted by atomic mass is 10.1. The van der Waals surface area contributed by atoms with Gasteiger partial charge < -0.3 is 9.09 Å². The average molecular weight is 260 g/mol. The van der Waals surface area contributed by atoms with E-state index in [1.165, 1.54) is 5.56 Å². The summed E-state index contributed by atoms with van der Waals surface area (Å²) in [5.41, 5.74) is 2.36.